The predicted molar refractivity (Wildman–Crippen MR) is 97.5 cm³/mol. The summed E-state index contributed by atoms with van der Waals surface area (Å²) in [6.07, 6.45) is 0.327. The molecule has 0 aliphatic carbocycles. The molecule has 0 saturated carbocycles. The van der Waals surface area contributed by atoms with E-state index in [-0.39, 0.29) is 18.6 Å². The standard InChI is InChI=1S/C20H21N3O3/c24-18-13-23(17-9-5-2-6-10-17)20(21-18)11-12-22(15-20)19(25)26-14-16-7-3-1-4-8-16/h1-10H,11-15H2,(H,21,24). The highest BCUT2D eigenvalue weighted by Gasteiger charge is 2.50. The molecule has 6 nitrogen and oxygen atoms in total. The van der Waals surface area contributed by atoms with Crippen molar-refractivity contribution >= 4 is 17.7 Å². The Labute approximate surface area is 152 Å². The van der Waals surface area contributed by atoms with E-state index in [1.165, 1.54) is 0 Å². The first-order chi connectivity index (χ1) is 12.7. The minimum Gasteiger partial charge on any atom is -0.445 e. The maximum Gasteiger partial charge on any atom is 0.410 e. The lowest BCUT2D eigenvalue weighted by Crippen LogP contribution is -2.54. The molecular weight excluding hydrogens is 330 g/mol. The van der Waals surface area contributed by atoms with Gasteiger partial charge in [-0.3, -0.25) is 4.79 Å². The third-order valence-electron chi connectivity index (χ3n) is 4.97. The summed E-state index contributed by atoms with van der Waals surface area (Å²) in [5.41, 5.74) is 1.38. The van der Waals surface area contributed by atoms with Gasteiger partial charge in [0.05, 0.1) is 13.1 Å². The normalized spacial score (nSPS) is 21.9. The zero-order valence-corrected chi connectivity index (χ0v) is 14.4. The molecule has 1 atom stereocenters. The van der Waals surface area contributed by atoms with Gasteiger partial charge in [0.25, 0.3) is 0 Å². The average molecular weight is 351 g/mol. The van der Waals surface area contributed by atoms with Crippen LogP contribution in [0.5, 0.6) is 0 Å². The first-order valence-electron chi connectivity index (χ1n) is 8.76. The molecule has 1 N–H and O–H groups in total. The maximum absolute atomic E-state index is 12.5. The third kappa shape index (κ3) is 3.10. The van der Waals surface area contributed by atoms with Crippen LogP contribution < -0.4 is 10.2 Å². The Hall–Kier alpha value is -3.02. The van der Waals surface area contributed by atoms with Gasteiger partial charge in [0, 0.05) is 18.7 Å². The van der Waals surface area contributed by atoms with Gasteiger partial charge in [-0.15, -0.1) is 0 Å². The Morgan fingerprint density at radius 3 is 2.50 bits per heavy atom. The number of hydrogen-bond donors (Lipinski definition) is 1. The van der Waals surface area contributed by atoms with Gasteiger partial charge in [0.2, 0.25) is 5.91 Å². The molecule has 2 aromatic rings. The highest BCUT2D eigenvalue weighted by molar-refractivity contribution is 5.87. The number of rotatable bonds is 3. The fraction of sp³-hybridized carbons (Fsp3) is 0.300. The second-order valence-electron chi connectivity index (χ2n) is 6.71. The molecular formula is C20H21N3O3. The minimum atomic E-state index is -0.551. The maximum atomic E-state index is 12.5. The molecule has 0 radical (unpaired) electrons. The van der Waals surface area contributed by atoms with Crippen molar-refractivity contribution in [2.75, 3.05) is 24.5 Å². The second kappa shape index (κ2) is 6.71. The summed E-state index contributed by atoms with van der Waals surface area (Å²) in [5.74, 6) is -0.0200. The molecule has 0 aromatic heterocycles. The van der Waals surface area contributed by atoms with Gasteiger partial charge >= 0.3 is 6.09 Å². The molecule has 4 rings (SSSR count). The van der Waals surface area contributed by atoms with E-state index < -0.39 is 5.66 Å². The van der Waals surface area contributed by atoms with Crippen LogP contribution in [-0.2, 0) is 16.1 Å². The summed E-state index contributed by atoms with van der Waals surface area (Å²) in [6.45, 7) is 1.52. The summed E-state index contributed by atoms with van der Waals surface area (Å²) in [6, 6.07) is 19.4. The van der Waals surface area contributed by atoms with Gasteiger partial charge in [-0.05, 0) is 17.7 Å². The number of nitrogens with zero attached hydrogens (tertiary/aromatic N) is 2. The van der Waals surface area contributed by atoms with E-state index in [1.54, 1.807) is 4.90 Å². The van der Waals surface area contributed by atoms with E-state index in [1.807, 2.05) is 60.7 Å². The number of hydrogen-bond acceptors (Lipinski definition) is 4. The average Bonchev–Trinajstić information content (AvgIpc) is 3.25. The Bertz CT molecular complexity index is 796. The molecule has 1 spiro atoms. The van der Waals surface area contributed by atoms with E-state index >= 15 is 0 Å². The lowest BCUT2D eigenvalue weighted by Gasteiger charge is -2.35. The first kappa shape index (κ1) is 16.4. The van der Waals surface area contributed by atoms with E-state index in [9.17, 15) is 9.59 Å². The highest BCUT2D eigenvalue weighted by Crippen LogP contribution is 2.33. The van der Waals surface area contributed by atoms with Crippen molar-refractivity contribution in [1.29, 1.82) is 0 Å². The Balaban J connectivity index is 1.44. The van der Waals surface area contributed by atoms with Crippen molar-refractivity contribution in [2.45, 2.75) is 18.7 Å². The number of carbonyl (C=O) groups is 2. The number of carbonyl (C=O) groups excluding carboxylic acids is 2. The number of amides is 2. The van der Waals surface area contributed by atoms with Crippen LogP contribution in [0, 0.1) is 0 Å². The van der Waals surface area contributed by atoms with Crippen LogP contribution in [0.15, 0.2) is 60.7 Å². The zero-order chi connectivity index (χ0) is 18.0. The minimum absolute atomic E-state index is 0.0200. The van der Waals surface area contributed by atoms with Crippen molar-refractivity contribution in [1.82, 2.24) is 10.2 Å². The lowest BCUT2D eigenvalue weighted by molar-refractivity contribution is -0.118. The monoisotopic (exact) mass is 351 g/mol. The van der Waals surface area contributed by atoms with Crippen molar-refractivity contribution in [3.8, 4) is 0 Å². The molecule has 6 heteroatoms. The van der Waals surface area contributed by atoms with E-state index in [0.717, 1.165) is 11.3 Å². The number of para-hydroxylation sites is 1. The molecule has 2 aromatic carbocycles. The van der Waals surface area contributed by atoms with E-state index in [2.05, 4.69) is 10.2 Å². The molecule has 26 heavy (non-hydrogen) atoms. The van der Waals surface area contributed by atoms with Gasteiger partial charge in [0.1, 0.15) is 12.3 Å². The van der Waals surface area contributed by atoms with Crippen molar-refractivity contribution in [3.63, 3.8) is 0 Å². The molecule has 134 valence electrons. The van der Waals surface area contributed by atoms with Crippen LogP contribution in [0.2, 0.25) is 0 Å². The summed E-state index contributed by atoms with van der Waals surface area (Å²) in [7, 11) is 0. The SMILES string of the molecule is O=C1CN(c2ccccc2)C2(CCN(C(=O)OCc3ccccc3)C2)N1. The van der Waals surface area contributed by atoms with Crippen LogP contribution in [-0.4, -0.2) is 42.2 Å². The summed E-state index contributed by atoms with van der Waals surface area (Å²) in [4.78, 5) is 28.3. The smallest absolute Gasteiger partial charge is 0.410 e. The summed E-state index contributed by atoms with van der Waals surface area (Å²) >= 11 is 0. The Morgan fingerprint density at radius 2 is 1.77 bits per heavy atom. The van der Waals surface area contributed by atoms with E-state index in [4.69, 9.17) is 4.74 Å². The molecule has 0 bridgehead atoms. The van der Waals surface area contributed by atoms with Crippen LogP contribution in [0.3, 0.4) is 0 Å². The number of likely N-dealkylation sites (tertiary alicyclic amines) is 1. The quantitative estimate of drug-likeness (QED) is 0.922. The van der Waals surface area contributed by atoms with Crippen molar-refractivity contribution in [2.24, 2.45) is 0 Å². The fourth-order valence-electron chi connectivity index (χ4n) is 3.69. The highest BCUT2D eigenvalue weighted by atomic mass is 16.6. The first-order valence-corrected chi connectivity index (χ1v) is 8.76. The van der Waals surface area contributed by atoms with Gasteiger partial charge in [-0.2, -0.15) is 0 Å². The second-order valence-corrected chi connectivity index (χ2v) is 6.71. The predicted octanol–water partition coefficient (Wildman–Crippen LogP) is 2.36. The number of ether oxygens (including phenoxy) is 1. The van der Waals surface area contributed by atoms with Crippen LogP contribution >= 0.6 is 0 Å². The number of nitrogens with one attached hydrogen (secondary N) is 1. The number of anilines is 1. The molecule has 2 heterocycles. The van der Waals surface area contributed by atoms with Crippen molar-refractivity contribution < 1.29 is 14.3 Å². The van der Waals surface area contributed by atoms with Crippen LogP contribution in [0.4, 0.5) is 10.5 Å². The van der Waals surface area contributed by atoms with Crippen LogP contribution in [0.1, 0.15) is 12.0 Å². The van der Waals surface area contributed by atoms with E-state index in [0.29, 0.717) is 26.1 Å². The topological polar surface area (TPSA) is 61.9 Å². The molecule has 2 amide bonds. The Kier molecular flexibility index (Phi) is 4.24. The van der Waals surface area contributed by atoms with Crippen LogP contribution in [0.25, 0.3) is 0 Å². The fourth-order valence-corrected chi connectivity index (χ4v) is 3.69. The van der Waals surface area contributed by atoms with Gasteiger partial charge in [-0.25, -0.2) is 4.79 Å². The summed E-state index contributed by atoms with van der Waals surface area (Å²) in [5, 5.41) is 3.07. The molecule has 2 fully saturated rings. The number of benzene rings is 2. The van der Waals surface area contributed by atoms with Gasteiger partial charge in [-0.1, -0.05) is 48.5 Å². The Morgan fingerprint density at radius 1 is 1.08 bits per heavy atom. The third-order valence-corrected chi connectivity index (χ3v) is 4.97. The van der Waals surface area contributed by atoms with Gasteiger partial charge in [0.15, 0.2) is 0 Å². The molecule has 2 aliphatic heterocycles. The molecule has 2 saturated heterocycles. The summed E-state index contributed by atoms with van der Waals surface area (Å²) < 4.78 is 5.44. The molecule has 2 aliphatic rings. The van der Waals surface area contributed by atoms with Gasteiger partial charge < -0.3 is 19.9 Å². The largest absolute Gasteiger partial charge is 0.445 e. The lowest BCUT2D eigenvalue weighted by atomic mass is 10.1. The molecule has 1 unspecified atom stereocenters. The van der Waals surface area contributed by atoms with Crippen molar-refractivity contribution in [3.05, 3.63) is 66.2 Å². The zero-order valence-electron chi connectivity index (χ0n) is 14.4.